The van der Waals surface area contributed by atoms with Gasteiger partial charge in [-0.1, -0.05) is 0 Å². The molecule has 0 spiro atoms. The third kappa shape index (κ3) is 6.02. The second-order valence-electron chi connectivity index (χ2n) is 4.22. The Kier molecular flexibility index (Phi) is 7.83. The van der Waals surface area contributed by atoms with Gasteiger partial charge in [0.15, 0.2) is 0 Å². The number of rotatable bonds is 4. The summed E-state index contributed by atoms with van der Waals surface area (Å²) in [7, 11) is 0. The summed E-state index contributed by atoms with van der Waals surface area (Å²) in [4.78, 5) is 13.5. The van der Waals surface area contributed by atoms with E-state index >= 15 is 0 Å². The Morgan fingerprint density at radius 1 is 1.26 bits per heavy atom. The summed E-state index contributed by atoms with van der Waals surface area (Å²) >= 11 is 3.08. The summed E-state index contributed by atoms with van der Waals surface area (Å²) in [6.07, 6.45) is -2.08. The topological polar surface area (TPSA) is 124 Å². The fraction of sp³-hybridized carbons (Fsp3) is 0.0833. The molecule has 0 bridgehead atoms. The molecule has 0 aliphatic rings. The number of benzene rings is 1. The Balaban J connectivity index is 0.000000816. The number of aromatic nitrogens is 1. The molecule has 0 fully saturated rings. The van der Waals surface area contributed by atoms with Gasteiger partial charge in [-0.3, -0.25) is 4.91 Å². The van der Waals surface area contributed by atoms with Gasteiger partial charge in [0.25, 0.3) is 0 Å². The van der Waals surface area contributed by atoms with Gasteiger partial charge in [-0.25, -0.2) is 0 Å². The summed E-state index contributed by atoms with van der Waals surface area (Å²) < 4.78 is 29.8. The van der Waals surface area contributed by atoms with Crippen LogP contribution in [0.3, 0.4) is 0 Å². The number of nitrogens with zero attached hydrogens (tertiary/aromatic N) is 4. The molecule has 116 valence electrons. The number of hydrogen-bond donors (Lipinski definition) is 0. The number of carbonyl (C=O) groups excluding carboxylic acids is 1. The van der Waals surface area contributed by atoms with Crippen LogP contribution in [0.2, 0.25) is 0 Å². The van der Waals surface area contributed by atoms with E-state index in [0.717, 1.165) is 9.54 Å². The summed E-state index contributed by atoms with van der Waals surface area (Å²) in [6, 6.07) is 10.7. The van der Waals surface area contributed by atoms with E-state index in [2.05, 4.69) is 15.9 Å². The monoisotopic (exact) mass is 407 g/mol. The second-order valence-corrected chi connectivity index (χ2v) is 10.0. The van der Waals surface area contributed by atoms with Gasteiger partial charge in [0.05, 0.1) is 0 Å². The van der Waals surface area contributed by atoms with Crippen molar-refractivity contribution in [3.05, 3.63) is 74.3 Å². The maximum Gasteiger partial charge on any atom is -0.255 e. The molecule has 0 aliphatic carbocycles. The summed E-state index contributed by atoms with van der Waals surface area (Å²) in [5.74, 6) is -0.676. The molecule has 0 aliphatic heterocycles. The van der Waals surface area contributed by atoms with E-state index in [1.165, 1.54) is 17.2 Å². The van der Waals surface area contributed by atoms with Crippen molar-refractivity contribution >= 4 is 54.4 Å². The Labute approximate surface area is 156 Å². The SMILES string of the molecule is O=C(OCc1ccccc1)c1c(Br)ccn1[S](=O)(=O)[Na].[N-]=[N+]=[N-]. The maximum atomic E-state index is 12.0. The molecule has 0 saturated carbocycles. The third-order valence-corrected chi connectivity index (χ3v) is 5.41. The van der Waals surface area contributed by atoms with E-state index in [-0.39, 0.29) is 38.7 Å². The van der Waals surface area contributed by atoms with Crippen LogP contribution in [0.25, 0.3) is 16.0 Å². The Morgan fingerprint density at radius 2 is 1.83 bits per heavy atom. The van der Waals surface area contributed by atoms with Crippen molar-refractivity contribution in [2.45, 2.75) is 6.61 Å². The van der Waals surface area contributed by atoms with E-state index in [1.807, 2.05) is 30.3 Å². The van der Waals surface area contributed by atoms with Gasteiger partial charge in [-0.2, -0.15) is 0 Å². The molecule has 11 heteroatoms. The Bertz CT molecular complexity index is 817. The molecule has 0 atom stereocenters. The quantitative estimate of drug-likeness (QED) is 0.254. The van der Waals surface area contributed by atoms with E-state index < -0.39 is 12.1 Å². The molecule has 0 saturated heterocycles. The molecular weight excluding hydrogens is 399 g/mol. The van der Waals surface area contributed by atoms with E-state index in [1.54, 1.807) is 0 Å². The van der Waals surface area contributed by atoms with Crippen LogP contribution in [0.15, 0.2) is 47.1 Å². The first-order valence-corrected chi connectivity index (χ1v) is 11.2. The first-order chi connectivity index (χ1) is 10.8. The van der Waals surface area contributed by atoms with Crippen LogP contribution in [0.4, 0.5) is 0 Å². The minimum Gasteiger partial charge on any atom is -0.373 e. The zero-order chi connectivity index (χ0) is 17.5. The van der Waals surface area contributed by atoms with Gasteiger partial charge in [0.1, 0.15) is 0 Å². The average Bonchev–Trinajstić information content (AvgIpc) is 2.89. The molecule has 0 unspecified atom stereocenters. The van der Waals surface area contributed by atoms with Crippen LogP contribution >= 0.6 is 15.9 Å². The normalized spacial score (nSPS) is 10.2. The number of carbonyl (C=O) groups is 1. The molecule has 23 heavy (non-hydrogen) atoms. The predicted octanol–water partition coefficient (Wildman–Crippen LogP) is 2.74. The zero-order valence-corrected chi connectivity index (χ0v) is 16.4. The molecule has 1 aromatic heterocycles. The van der Waals surface area contributed by atoms with Crippen molar-refractivity contribution in [2.24, 2.45) is 0 Å². The van der Waals surface area contributed by atoms with Crippen LogP contribution in [0.5, 0.6) is 0 Å². The van der Waals surface area contributed by atoms with Crippen molar-refractivity contribution in [2.75, 3.05) is 0 Å². The fourth-order valence-corrected chi connectivity index (χ4v) is 3.94. The van der Waals surface area contributed by atoms with E-state index in [4.69, 9.17) is 15.8 Å². The van der Waals surface area contributed by atoms with Crippen molar-refractivity contribution in [1.29, 1.82) is 0 Å². The van der Waals surface area contributed by atoms with Crippen LogP contribution in [0, 0.1) is 0 Å². The zero-order valence-electron chi connectivity index (χ0n) is 12.0. The molecule has 0 N–H and O–H groups in total. The maximum absolute atomic E-state index is 12.0. The van der Waals surface area contributed by atoms with Gasteiger partial charge in [0.2, 0.25) is 0 Å². The average molecular weight is 408 g/mol. The van der Waals surface area contributed by atoms with Crippen LogP contribution in [-0.4, -0.2) is 44.7 Å². The van der Waals surface area contributed by atoms with Gasteiger partial charge < -0.3 is 11.1 Å². The largest absolute Gasteiger partial charge is 0.373 e. The summed E-state index contributed by atoms with van der Waals surface area (Å²) in [5.41, 5.74) is 14.3. The fourth-order valence-electron chi connectivity index (χ4n) is 1.65. The van der Waals surface area contributed by atoms with Crippen molar-refractivity contribution in [1.82, 2.24) is 3.97 Å². The Morgan fingerprint density at radius 3 is 2.35 bits per heavy atom. The van der Waals surface area contributed by atoms with E-state index in [0.29, 0.717) is 4.47 Å². The second kappa shape index (κ2) is 9.11. The number of halogens is 1. The summed E-state index contributed by atoms with van der Waals surface area (Å²) in [6.45, 7) is 0.0957. The molecule has 2 rings (SSSR count). The first kappa shape index (κ1) is 19.8. The van der Waals surface area contributed by atoms with Gasteiger partial charge in [-0.15, -0.1) is 0 Å². The predicted molar refractivity (Wildman–Crippen MR) is 87.8 cm³/mol. The van der Waals surface area contributed by atoms with Crippen molar-refractivity contribution < 1.29 is 17.9 Å². The van der Waals surface area contributed by atoms with Crippen LogP contribution < -0.4 is 0 Å². The van der Waals surface area contributed by atoms with E-state index in [9.17, 15) is 13.2 Å². The number of esters is 1. The van der Waals surface area contributed by atoms with Gasteiger partial charge >= 0.3 is 141 Å². The van der Waals surface area contributed by atoms with Gasteiger partial charge in [-0.05, 0) is 0 Å². The molecule has 0 amide bonds. The Hall–Kier alpha value is -1.29. The smallest absolute Gasteiger partial charge is 0.255 e. The molecular formula is C12H9BrN4NaO4S-. The van der Waals surface area contributed by atoms with Crippen molar-refractivity contribution in [3.8, 4) is 0 Å². The molecule has 2 aromatic rings. The first-order valence-electron chi connectivity index (χ1n) is 6.08. The van der Waals surface area contributed by atoms with Crippen LogP contribution in [0.1, 0.15) is 16.1 Å². The molecule has 8 nitrogen and oxygen atoms in total. The minimum absolute atomic E-state index is 0.00377. The number of hydrogen-bond acceptors (Lipinski definition) is 4. The molecule has 0 radical (unpaired) electrons. The summed E-state index contributed by atoms with van der Waals surface area (Å²) in [5, 5.41) is 0. The molecule has 1 heterocycles. The van der Waals surface area contributed by atoms with Crippen molar-refractivity contribution in [3.63, 3.8) is 0 Å². The van der Waals surface area contributed by atoms with Crippen LogP contribution in [-0.2, 0) is 17.5 Å². The minimum atomic E-state index is -3.42. The molecule has 1 aromatic carbocycles. The standard InChI is InChI=1S/C12H9BrNO4S.N3.Na/c13-10-6-7-14(19(16)17)11(10)12(15)18-8-9-4-2-1-3-5-9;1-3-2;/h1-7H,8H2;;/q;-1;. The number of ether oxygens (including phenoxy) is 1. The van der Waals surface area contributed by atoms with Gasteiger partial charge in [0, 0.05) is 0 Å². The third-order valence-electron chi connectivity index (χ3n) is 2.57.